The average Bonchev–Trinajstić information content (AvgIpc) is 2.39. The second-order valence-corrected chi connectivity index (χ2v) is 4.97. The van der Waals surface area contributed by atoms with Gasteiger partial charge in [0.05, 0.1) is 11.5 Å². The molecule has 5 nitrogen and oxygen atoms in total. The molecule has 19 heavy (non-hydrogen) atoms. The zero-order valence-corrected chi connectivity index (χ0v) is 11.6. The first-order valence-corrected chi connectivity index (χ1v) is 6.27. The predicted octanol–water partition coefficient (Wildman–Crippen LogP) is 1.82. The quantitative estimate of drug-likeness (QED) is 0.328. The monoisotopic (exact) mass is 263 g/mol. The molecule has 0 aliphatic rings. The number of hydrogen-bond acceptors (Lipinski definition) is 3. The molecule has 1 amide bonds. The van der Waals surface area contributed by atoms with Crippen molar-refractivity contribution in [2.24, 2.45) is 10.9 Å². The first kappa shape index (κ1) is 15.0. The van der Waals surface area contributed by atoms with Gasteiger partial charge in [0.25, 0.3) is 0 Å². The molecule has 0 radical (unpaired) electrons. The van der Waals surface area contributed by atoms with Gasteiger partial charge in [-0.3, -0.25) is 4.79 Å². The average molecular weight is 263 g/mol. The van der Waals surface area contributed by atoms with Gasteiger partial charge in [0.15, 0.2) is 5.84 Å². The minimum Gasteiger partial charge on any atom is -0.409 e. The molecule has 0 aromatic heterocycles. The van der Waals surface area contributed by atoms with Gasteiger partial charge in [0.2, 0.25) is 5.91 Å². The molecule has 0 spiro atoms. The highest BCUT2D eigenvalue weighted by Gasteiger charge is 2.29. The van der Waals surface area contributed by atoms with E-state index in [1.807, 2.05) is 37.3 Å². The molecule has 0 fully saturated rings. The van der Waals surface area contributed by atoms with Crippen LogP contribution in [0.2, 0.25) is 0 Å². The molecule has 0 saturated heterocycles. The molecular formula is C14H21N3O2. The van der Waals surface area contributed by atoms with Gasteiger partial charge < -0.3 is 16.3 Å². The number of rotatable bonds is 5. The van der Waals surface area contributed by atoms with E-state index in [4.69, 9.17) is 10.9 Å². The Balaban J connectivity index is 2.87. The summed E-state index contributed by atoms with van der Waals surface area (Å²) in [5.74, 6) is -0.402. The van der Waals surface area contributed by atoms with Crippen molar-refractivity contribution in [1.82, 2.24) is 5.32 Å². The Kier molecular flexibility index (Phi) is 4.92. The topological polar surface area (TPSA) is 87.7 Å². The Morgan fingerprint density at radius 2 is 2.00 bits per heavy atom. The van der Waals surface area contributed by atoms with Crippen LogP contribution in [0, 0.1) is 0 Å². The third-order valence-electron chi connectivity index (χ3n) is 3.11. The van der Waals surface area contributed by atoms with Crippen LogP contribution in [-0.2, 0) is 4.79 Å². The van der Waals surface area contributed by atoms with Gasteiger partial charge in [-0.1, -0.05) is 42.4 Å². The van der Waals surface area contributed by atoms with Crippen LogP contribution in [-0.4, -0.2) is 22.5 Å². The Morgan fingerprint density at radius 1 is 1.42 bits per heavy atom. The summed E-state index contributed by atoms with van der Waals surface area (Å²) in [6, 6.07) is 9.56. The van der Waals surface area contributed by atoms with E-state index in [-0.39, 0.29) is 17.7 Å². The highest BCUT2D eigenvalue weighted by atomic mass is 16.4. The number of amidine groups is 1. The smallest absolute Gasteiger partial charge is 0.228 e. The van der Waals surface area contributed by atoms with Crippen molar-refractivity contribution in [3.8, 4) is 0 Å². The van der Waals surface area contributed by atoms with Crippen molar-refractivity contribution in [1.29, 1.82) is 0 Å². The van der Waals surface area contributed by atoms with Gasteiger partial charge in [-0.15, -0.1) is 0 Å². The first-order chi connectivity index (χ1) is 8.92. The molecule has 0 aliphatic heterocycles. The molecule has 0 aliphatic carbocycles. The fourth-order valence-electron chi connectivity index (χ4n) is 1.84. The van der Waals surface area contributed by atoms with E-state index in [1.54, 1.807) is 13.8 Å². The zero-order chi connectivity index (χ0) is 14.5. The van der Waals surface area contributed by atoms with Crippen LogP contribution >= 0.6 is 0 Å². The van der Waals surface area contributed by atoms with Crippen LogP contribution in [0.4, 0.5) is 0 Å². The zero-order valence-electron chi connectivity index (χ0n) is 11.6. The Hall–Kier alpha value is -2.04. The van der Waals surface area contributed by atoms with E-state index >= 15 is 0 Å². The summed E-state index contributed by atoms with van der Waals surface area (Å²) in [5.41, 5.74) is 5.64. The fourth-order valence-corrected chi connectivity index (χ4v) is 1.84. The normalized spacial score (nSPS) is 13.9. The maximum absolute atomic E-state index is 12.3. The number of carbonyl (C=O) groups is 1. The summed E-state index contributed by atoms with van der Waals surface area (Å²) in [6.45, 7) is 5.34. The second kappa shape index (κ2) is 6.22. The minimum absolute atomic E-state index is 0.0243. The minimum atomic E-state index is -0.881. The third kappa shape index (κ3) is 3.71. The molecule has 1 atom stereocenters. The molecule has 1 aromatic carbocycles. The van der Waals surface area contributed by atoms with Crippen LogP contribution in [0.1, 0.15) is 38.7 Å². The number of benzene rings is 1. The van der Waals surface area contributed by atoms with Crippen molar-refractivity contribution < 1.29 is 10.0 Å². The Labute approximate surface area is 113 Å². The van der Waals surface area contributed by atoms with E-state index in [2.05, 4.69) is 10.5 Å². The number of carbonyl (C=O) groups excluding carboxylic acids is 1. The van der Waals surface area contributed by atoms with Crippen molar-refractivity contribution in [2.75, 3.05) is 0 Å². The van der Waals surface area contributed by atoms with E-state index in [0.29, 0.717) is 6.42 Å². The molecule has 0 saturated carbocycles. The lowest BCUT2D eigenvalue weighted by atomic mass is 9.93. The van der Waals surface area contributed by atoms with E-state index < -0.39 is 5.54 Å². The van der Waals surface area contributed by atoms with Crippen molar-refractivity contribution in [2.45, 2.75) is 38.6 Å². The largest absolute Gasteiger partial charge is 0.409 e. The maximum atomic E-state index is 12.3. The lowest BCUT2D eigenvalue weighted by Crippen LogP contribution is -2.54. The number of nitrogens with zero attached hydrogens (tertiary/aromatic N) is 1. The molecular weight excluding hydrogens is 242 g/mol. The van der Waals surface area contributed by atoms with Crippen LogP contribution < -0.4 is 11.1 Å². The van der Waals surface area contributed by atoms with Gasteiger partial charge in [0.1, 0.15) is 0 Å². The molecule has 5 heteroatoms. The van der Waals surface area contributed by atoms with Gasteiger partial charge in [-0.05, 0) is 25.8 Å². The number of nitrogens with one attached hydrogen (secondary N) is 1. The summed E-state index contributed by atoms with van der Waals surface area (Å²) < 4.78 is 0. The summed E-state index contributed by atoms with van der Waals surface area (Å²) in [6.07, 6.45) is 0.683. The number of oxime groups is 1. The molecule has 1 unspecified atom stereocenters. The van der Waals surface area contributed by atoms with Crippen molar-refractivity contribution in [3.63, 3.8) is 0 Å². The SMILES string of the molecule is CCC(C(=O)NC(C)(C)/C(N)=N/O)c1ccccc1. The van der Waals surface area contributed by atoms with E-state index in [1.165, 1.54) is 0 Å². The first-order valence-electron chi connectivity index (χ1n) is 6.27. The van der Waals surface area contributed by atoms with Crippen LogP contribution in [0.25, 0.3) is 0 Å². The van der Waals surface area contributed by atoms with E-state index in [9.17, 15) is 4.79 Å². The second-order valence-electron chi connectivity index (χ2n) is 4.97. The molecule has 4 N–H and O–H groups in total. The number of hydrogen-bond donors (Lipinski definition) is 3. The molecule has 0 bridgehead atoms. The van der Waals surface area contributed by atoms with Crippen LogP contribution in [0.5, 0.6) is 0 Å². The lowest BCUT2D eigenvalue weighted by Gasteiger charge is -2.27. The van der Waals surface area contributed by atoms with Gasteiger partial charge in [-0.25, -0.2) is 0 Å². The standard InChI is InChI=1S/C14H21N3O2/c1-4-11(10-8-6-5-7-9-10)12(18)16-14(2,3)13(15)17-19/h5-9,11,19H,4H2,1-3H3,(H2,15,17)(H,16,18). The third-order valence-corrected chi connectivity index (χ3v) is 3.11. The summed E-state index contributed by atoms with van der Waals surface area (Å²) in [4.78, 5) is 12.3. The number of amides is 1. The predicted molar refractivity (Wildman–Crippen MR) is 75.1 cm³/mol. The Bertz CT molecular complexity index is 455. The Morgan fingerprint density at radius 3 is 2.47 bits per heavy atom. The van der Waals surface area contributed by atoms with Gasteiger partial charge in [-0.2, -0.15) is 0 Å². The van der Waals surface area contributed by atoms with Crippen LogP contribution in [0.3, 0.4) is 0 Å². The van der Waals surface area contributed by atoms with Crippen LogP contribution in [0.15, 0.2) is 35.5 Å². The summed E-state index contributed by atoms with van der Waals surface area (Å²) >= 11 is 0. The molecule has 1 aromatic rings. The summed E-state index contributed by atoms with van der Waals surface area (Å²) in [7, 11) is 0. The molecule has 1 rings (SSSR count). The fraction of sp³-hybridized carbons (Fsp3) is 0.429. The van der Waals surface area contributed by atoms with Gasteiger partial charge >= 0.3 is 0 Å². The van der Waals surface area contributed by atoms with Gasteiger partial charge in [0, 0.05) is 0 Å². The lowest BCUT2D eigenvalue weighted by molar-refractivity contribution is -0.123. The number of nitrogens with two attached hydrogens (primary N) is 1. The highest BCUT2D eigenvalue weighted by Crippen LogP contribution is 2.20. The maximum Gasteiger partial charge on any atom is 0.228 e. The summed E-state index contributed by atoms with van der Waals surface area (Å²) in [5, 5.41) is 14.5. The highest BCUT2D eigenvalue weighted by molar-refractivity contribution is 5.94. The van der Waals surface area contributed by atoms with E-state index in [0.717, 1.165) is 5.56 Å². The van der Waals surface area contributed by atoms with Crippen molar-refractivity contribution in [3.05, 3.63) is 35.9 Å². The van der Waals surface area contributed by atoms with Crippen molar-refractivity contribution >= 4 is 11.7 Å². The molecule has 104 valence electrons. The molecule has 0 heterocycles.